The molecule has 16 heavy (non-hydrogen) atoms. The van der Waals surface area contributed by atoms with Crippen LogP contribution in [0.25, 0.3) is 0 Å². The van der Waals surface area contributed by atoms with Gasteiger partial charge in [0.25, 0.3) is 0 Å². The molecule has 0 unspecified atom stereocenters. The quantitative estimate of drug-likeness (QED) is 0.614. The van der Waals surface area contributed by atoms with E-state index in [0.29, 0.717) is 0 Å². The number of halogens is 1. The molecule has 0 spiro atoms. The summed E-state index contributed by atoms with van der Waals surface area (Å²) in [5.41, 5.74) is 0.756. The first-order valence-corrected chi connectivity index (χ1v) is 6.38. The predicted molar refractivity (Wildman–Crippen MR) is 63.9 cm³/mol. The molecule has 0 aliphatic rings. The molecule has 0 amide bonds. The zero-order chi connectivity index (χ0) is 12.3. The summed E-state index contributed by atoms with van der Waals surface area (Å²) in [5.74, 6) is 0. The maximum atomic E-state index is 12.0. The highest BCUT2D eigenvalue weighted by Crippen LogP contribution is 2.21. The Morgan fingerprint density at radius 3 is 2.75 bits per heavy atom. The Labute approximate surface area is 101 Å². The SMILES string of the molecule is C=C(C)CN(C)S(=O)(=O)c1cccnc1Cl. The van der Waals surface area contributed by atoms with Crippen LogP contribution in [0.3, 0.4) is 0 Å². The molecule has 0 radical (unpaired) electrons. The number of hydrogen-bond donors (Lipinski definition) is 0. The van der Waals surface area contributed by atoms with E-state index >= 15 is 0 Å². The van der Waals surface area contributed by atoms with Gasteiger partial charge in [0.15, 0.2) is 0 Å². The van der Waals surface area contributed by atoms with Gasteiger partial charge in [0.2, 0.25) is 10.0 Å². The Balaban J connectivity index is 3.12. The molecule has 0 aliphatic carbocycles. The lowest BCUT2D eigenvalue weighted by molar-refractivity contribution is 0.493. The summed E-state index contributed by atoms with van der Waals surface area (Å²) in [6.07, 6.45) is 1.44. The van der Waals surface area contributed by atoms with Crippen LogP contribution in [0.2, 0.25) is 5.15 Å². The predicted octanol–water partition coefficient (Wildman–Crippen LogP) is 1.93. The van der Waals surface area contributed by atoms with E-state index in [-0.39, 0.29) is 16.6 Å². The van der Waals surface area contributed by atoms with Gasteiger partial charge in [-0.2, -0.15) is 4.31 Å². The van der Waals surface area contributed by atoms with Crippen LogP contribution >= 0.6 is 11.6 Å². The van der Waals surface area contributed by atoms with Crippen LogP contribution in [0.1, 0.15) is 6.92 Å². The number of sulfonamides is 1. The van der Waals surface area contributed by atoms with Crippen molar-refractivity contribution in [3.8, 4) is 0 Å². The lowest BCUT2D eigenvalue weighted by Gasteiger charge is -2.17. The highest BCUT2D eigenvalue weighted by Gasteiger charge is 2.23. The summed E-state index contributed by atoms with van der Waals surface area (Å²) in [6, 6.07) is 2.97. The zero-order valence-electron chi connectivity index (χ0n) is 9.14. The van der Waals surface area contributed by atoms with Crippen LogP contribution in [0.5, 0.6) is 0 Å². The summed E-state index contributed by atoms with van der Waals surface area (Å²) in [5, 5.41) is -0.0175. The third-order valence-electron chi connectivity index (χ3n) is 1.91. The van der Waals surface area contributed by atoms with E-state index in [1.54, 1.807) is 6.92 Å². The molecule has 1 aromatic heterocycles. The van der Waals surface area contributed by atoms with Gasteiger partial charge >= 0.3 is 0 Å². The molecule has 0 saturated carbocycles. The molecule has 0 atom stereocenters. The molecule has 0 N–H and O–H groups in total. The van der Waals surface area contributed by atoms with Crippen molar-refractivity contribution in [3.63, 3.8) is 0 Å². The summed E-state index contributed by atoms with van der Waals surface area (Å²) < 4.78 is 25.3. The van der Waals surface area contributed by atoms with Gasteiger partial charge in [-0.1, -0.05) is 23.8 Å². The summed E-state index contributed by atoms with van der Waals surface area (Å²) in [6.45, 7) is 5.69. The molecule has 1 rings (SSSR count). The summed E-state index contributed by atoms with van der Waals surface area (Å²) >= 11 is 5.75. The molecule has 0 bridgehead atoms. The standard InChI is InChI=1S/C10H13ClN2O2S/c1-8(2)7-13(3)16(14,15)9-5-4-6-12-10(9)11/h4-6H,1,7H2,2-3H3. The zero-order valence-corrected chi connectivity index (χ0v) is 10.7. The Morgan fingerprint density at radius 2 is 2.25 bits per heavy atom. The van der Waals surface area contributed by atoms with Crippen molar-refractivity contribution in [1.82, 2.24) is 9.29 Å². The summed E-state index contributed by atoms with van der Waals surface area (Å²) in [4.78, 5) is 3.76. The molecular formula is C10H13ClN2O2S. The van der Waals surface area contributed by atoms with Gasteiger partial charge in [0, 0.05) is 19.8 Å². The van der Waals surface area contributed by atoms with Crippen molar-refractivity contribution in [2.45, 2.75) is 11.8 Å². The molecule has 1 aromatic rings. The van der Waals surface area contributed by atoms with Crippen molar-refractivity contribution in [2.75, 3.05) is 13.6 Å². The van der Waals surface area contributed by atoms with Crippen molar-refractivity contribution in [3.05, 3.63) is 35.6 Å². The van der Waals surface area contributed by atoms with Crippen LogP contribution < -0.4 is 0 Å². The van der Waals surface area contributed by atoms with Crippen LogP contribution in [0.15, 0.2) is 35.4 Å². The van der Waals surface area contributed by atoms with Gasteiger partial charge in [0.1, 0.15) is 10.0 Å². The van der Waals surface area contributed by atoms with Gasteiger partial charge in [-0.05, 0) is 19.1 Å². The number of hydrogen-bond acceptors (Lipinski definition) is 3. The highest BCUT2D eigenvalue weighted by atomic mass is 35.5. The molecule has 88 valence electrons. The van der Waals surface area contributed by atoms with Gasteiger partial charge in [-0.15, -0.1) is 0 Å². The topological polar surface area (TPSA) is 50.3 Å². The Morgan fingerprint density at radius 1 is 1.62 bits per heavy atom. The number of aromatic nitrogens is 1. The van der Waals surface area contributed by atoms with E-state index < -0.39 is 10.0 Å². The molecular weight excluding hydrogens is 248 g/mol. The highest BCUT2D eigenvalue weighted by molar-refractivity contribution is 7.89. The molecule has 1 heterocycles. The van der Waals surface area contributed by atoms with Crippen molar-refractivity contribution in [2.24, 2.45) is 0 Å². The number of pyridine rings is 1. The first kappa shape index (κ1) is 13.2. The van der Waals surface area contributed by atoms with Crippen LogP contribution in [-0.2, 0) is 10.0 Å². The largest absolute Gasteiger partial charge is 0.246 e. The minimum atomic E-state index is -3.59. The lowest BCUT2D eigenvalue weighted by Crippen LogP contribution is -2.28. The second-order valence-corrected chi connectivity index (χ2v) is 5.88. The third-order valence-corrected chi connectivity index (χ3v) is 4.15. The monoisotopic (exact) mass is 260 g/mol. The van der Waals surface area contributed by atoms with Crippen LogP contribution in [-0.4, -0.2) is 31.3 Å². The fourth-order valence-electron chi connectivity index (χ4n) is 1.20. The first-order valence-electron chi connectivity index (χ1n) is 4.57. The van der Waals surface area contributed by atoms with Crippen molar-refractivity contribution >= 4 is 21.6 Å². The smallest absolute Gasteiger partial charge is 0.243 e. The Bertz CT molecular complexity index is 499. The molecule has 0 aliphatic heterocycles. The maximum absolute atomic E-state index is 12.0. The number of nitrogens with zero attached hydrogens (tertiary/aromatic N) is 2. The van der Waals surface area contributed by atoms with Gasteiger partial charge in [0.05, 0.1) is 0 Å². The van der Waals surface area contributed by atoms with Gasteiger partial charge in [-0.25, -0.2) is 13.4 Å². The molecule has 4 nitrogen and oxygen atoms in total. The summed E-state index contributed by atoms with van der Waals surface area (Å²) in [7, 11) is -2.11. The molecule has 6 heteroatoms. The minimum Gasteiger partial charge on any atom is -0.243 e. The van der Waals surface area contributed by atoms with Crippen LogP contribution in [0, 0.1) is 0 Å². The average molecular weight is 261 g/mol. The maximum Gasteiger partial charge on any atom is 0.246 e. The van der Waals surface area contributed by atoms with Gasteiger partial charge in [-0.3, -0.25) is 0 Å². The third kappa shape index (κ3) is 2.81. The van der Waals surface area contributed by atoms with E-state index in [1.807, 2.05) is 0 Å². The minimum absolute atomic E-state index is 0.0143. The number of rotatable bonds is 4. The van der Waals surface area contributed by atoms with E-state index in [9.17, 15) is 8.42 Å². The van der Waals surface area contributed by atoms with E-state index in [4.69, 9.17) is 11.6 Å². The molecule has 0 saturated heterocycles. The second kappa shape index (κ2) is 4.95. The van der Waals surface area contributed by atoms with Crippen LogP contribution in [0.4, 0.5) is 0 Å². The molecule has 0 aromatic carbocycles. The fraction of sp³-hybridized carbons (Fsp3) is 0.300. The van der Waals surface area contributed by atoms with E-state index in [2.05, 4.69) is 11.6 Å². The average Bonchev–Trinajstić information content (AvgIpc) is 2.16. The first-order chi connectivity index (χ1) is 7.35. The molecule has 0 fully saturated rings. The second-order valence-electron chi connectivity index (χ2n) is 3.51. The lowest BCUT2D eigenvalue weighted by atomic mass is 10.4. The Hall–Kier alpha value is -0.910. The van der Waals surface area contributed by atoms with Crippen molar-refractivity contribution < 1.29 is 8.42 Å². The van der Waals surface area contributed by atoms with E-state index in [0.717, 1.165) is 5.57 Å². The van der Waals surface area contributed by atoms with E-state index in [1.165, 1.54) is 29.7 Å². The normalized spacial score (nSPS) is 11.8. The van der Waals surface area contributed by atoms with Gasteiger partial charge < -0.3 is 0 Å². The Kier molecular flexibility index (Phi) is 4.07. The fourth-order valence-corrected chi connectivity index (χ4v) is 2.85. The number of likely N-dealkylation sites (N-methyl/N-ethyl adjacent to an activating group) is 1. The van der Waals surface area contributed by atoms with Crippen molar-refractivity contribution in [1.29, 1.82) is 0 Å².